The molecule has 11 heavy (non-hydrogen) atoms. The van der Waals surface area contributed by atoms with E-state index in [0.29, 0.717) is 6.04 Å². The second-order valence-electron chi connectivity index (χ2n) is 3.37. The van der Waals surface area contributed by atoms with E-state index in [1.54, 1.807) is 0 Å². The van der Waals surface area contributed by atoms with E-state index in [-0.39, 0.29) is 0 Å². The molecule has 0 aromatic heterocycles. The molecule has 0 heterocycles. The summed E-state index contributed by atoms with van der Waals surface area (Å²) in [7, 11) is 0. The molecule has 2 heteroatoms. The maximum atomic E-state index is 6.04. The molecule has 0 aliphatic heterocycles. The number of rotatable bonds is 4. The number of hydrogen-bond acceptors (Lipinski definition) is 2. The van der Waals surface area contributed by atoms with Gasteiger partial charge in [0.05, 0.1) is 0 Å². The summed E-state index contributed by atoms with van der Waals surface area (Å²) in [6, 6.07) is 0.474. The van der Waals surface area contributed by atoms with Crippen molar-refractivity contribution >= 4 is 11.8 Å². The lowest BCUT2D eigenvalue weighted by Crippen LogP contribution is -2.30. The van der Waals surface area contributed by atoms with Crippen LogP contribution in [0.1, 0.15) is 32.6 Å². The van der Waals surface area contributed by atoms with Crippen molar-refractivity contribution in [2.45, 2.75) is 38.6 Å². The van der Waals surface area contributed by atoms with Gasteiger partial charge in [0.1, 0.15) is 0 Å². The van der Waals surface area contributed by atoms with Crippen LogP contribution in [0.4, 0.5) is 0 Å². The fourth-order valence-electron chi connectivity index (χ4n) is 1.78. The van der Waals surface area contributed by atoms with Gasteiger partial charge in [-0.1, -0.05) is 19.8 Å². The predicted octanol–water partition coefficient (Wildman–Crippen LogP) is 2.26. The summed E-state index contributed by atoms with van der Waals surface area (Å²) in [5, 5.41) is 0. The molecule has 0 spiro atoms. The first kappa shape index (κ1) is 9.40. The summed E-state index contributed by atoms with van der Waals surface area (Å²) in [4.78, 5) is 0. The van der Waals surface area contributed by atoms with E-state index in [1.807, 2.05) is 11.8 Å². The summed E-state index contributed by atoms with van der Waals surface area (Å²) in [5.74, 6) is 3.22. The molecule has 0 amide bonds. The largest absolute Gasteiger partial charge is 0.327 e. The molecule has 1 unspecified atom stereocenters. The summed E-state index contributed by atoms with van der Waals surface area (Å²) >= 11 is 1.98. The minimum absolute atomic E-state index is 0.474. The van der Waals surface area contributed by atoms with Crippen molar-refractivity contribution in [2.75, 3.05) is 11.5 Å². The lowest BCUT2D eigenvalue weighted by molar-refractivity contribution is 0.463. The van der Waals surface area contributed by atoms with Crippen molar-refractivity contribution in [1.29, 1.82) is 0 Å². The molecule has 1 nitrogen and oxygen atoms in total. The zero-order chi connectivity index (χ0) is 8.10. The molecule has 0 aromatic carbocycles. The lowest BCUT2D eigenvalue weighted by Gasteiger charge is -2.17. The Hall–Kier alpha value is 0.310. The summed E-state index contributed by atoms with van der Waals surface area (Å²) < 4.78 is 0. The molecule has 2 N–H and O–H groups in total. The summed E-state index contributed by atoms with van der Waals surface area (Å²) in [6.45, 7) is 2.20. The fourth-order valence-corrected chi connectivity index (χ4v) is 2.56. The van der Waals surface area contributed by atoms with Gasteiger partial charge in [-0.15, -0.1) is 0 Å². The Morgan fingerprint density at radius 3 is 2.64 bits per heavy atom. The molecule has 0 aromatic rings. The van der Waals surface area contributed by atoms with Crippen molar-refractivity contribution in [3.05, 3.63) is 0 Å². The van der Waals surface area contributed by atoms with Gasteiger partial charge in [-0.05, 0) is 24.5 Å². The quantitative estimate of drug-likeness (QED) is 0.705. The van der Waals surface area contributed by atoms with Crippen molar-refractivity contribution in [1.82, 2.24) is 0 Å². The standard InChI is InChI=1S/C9H19NS/c1-2-11-7-9(10)8-5-3-4-6-8/h8-9H,2-7,10H2,1H3. The van der Waals surface area contributed by atoms with Crippen LogP contribution in [0.5, 0.6) is 0 Å². The van der Waals surface area contributed by atoms with Crippen molar-refractivity contribution in [2.24, 2.45) is 11.7 Å². The average Bonchev–Trinajstić information content (AvgIpc) is 2.52. The van der Waals surface area contributed by atoms with Gasteiger partial charge in [0.25, 0.3) is 0 Å². The highest BCUT2D eigenvalue weighted by molar-refractivity contribution is 7.99. The van der Waals surface area contributed by atoms with E-state index >= 15 is 0 Å². The zero-order valence-electron chi connectivity index (χ0n) is 7.38. The highest BCUT2D eigenvalue weighted by Gasteiger charge is 2.21. The van der Waals surface area contributed by atoms with Crippen LogP contribution in [0.2, 0.25) is 0 Å². The van der Waals surface area contributed by atoms with E-state index in [0.717, 1.165) is 5.92 Å². The number of thioether (sulfide) groups is 1. The van der Waals surface area contributed by atoms with Crippen LogP contribution in [0.15, 0.2) is 0 Å². The van der Waals surface area contributed by atoms with Crippen LogP contribution in [0.3, 0.4) is 0 Å². The first-order chi connectivity index (χ1) is 5.34. The molecule has 1 rings (SSSR count). The lowest BCUT2D eigenvalue weighted by atomic mass is 10.0. The second-order valence-corrected chi connectivity index (χ2v) is 4.69. The molecular weight excluding hydrogens is 154 g/mol. The van der Waals surface area contributed by atoms with Gasteiger partial charge in [0.2, 0.25) is 0 Å². The Morgan fingerprint density at radius 1 is 1.45 bits per heavy atom. The zero-order valence-corrected chi connectivity index (χ0v) is 8.20. The van der Waals surface area contributed by atoms with Crippen LogP contribution in [-0.2, 0) is 0 Å². The van der Waals surface area contributed by atoms with Crippen LogP contribution in [-0.4, -0.2) is 17.5 Å². The van der Waals surface area contributed by atoms with Gasteiger partial charge in [-0.3, -0.25) is 0 Å². The Kier molecular flexibility index (Phi) is 4.31. The Bertz CT molecular complexity index is 99.7. The molecule has 0 bridgehead atoms. The molecular formula is C9H19NS. The van der Waals surface area contributed by atoms with Gasteiger partial charge in [0, 0.05) is 11.8 Å². The maximum Gasteiger partial charge on any atom is 0.0158 e. The monoisotopic (exact) mass is 173 g/mol. The molecule has 1 saturated carbocycles. The fraction of sp³-hybridized carbons (Fsp3) is 1.00. The van der Waals surface area contributed by atoms with E-state index in [2.05, 4.69) is 6.92 Å². The SMILES string of the molecule is CCSCC(N)C1CCCC1. The third-order valence-electron chi connectivity index (χ3n) is 2.52. The average molecular weight is 173 g/mol. The van der Waals surface area contributed by atoms with Crippen LogP contribution >= 0.6 is 11.8 Å². The van der Waals surface area contributed by atoms with E-state index < -0.39 is 0 Å². The molecule has 0 saturated heterocycles. The Labute approximate surface area is 74.1 Å². The second kappa shape index (κ2) is 5.04. The first-order valence-corrected chi connectivity index (χ1v) is 5.83. The van der Waals surface area contributed by atoms with Crippen LogP contribution in [0, 0.1) is 5.92 Å². The third-order valence-corrected chi connectivity index (χ3v) is 3.55. The van der Waals surface area contributed by atoms with E-state index in [1.165, 1.54) is 37.2 Å². The van der Waals surface area contributed by atoms with Crippen molar-refractivity contribution in [3.8, 4) is 0 Å². The van der Waals surface area contributed by atoms with Gasteiger partial charge < -0.3 is 5.73 Å². The third kappa shape index (κ3) is 3.04. The minimum atomic E-state index is 0.474. The van der Waals surface area contributed by atoms with Crippen LogP contribution < -0.4 is 5.73 Å². The smallest absolute Gasteiger partial charge is 0.0158 e. The molecule has 1 fully saturated rings. The number of hydrogen-bond donors (Lipinski definition) is 1. The molecule has 0 radical (unpaired) electrons. The molecule has 1 aliphatic carbocycles. The normalized spacial score (nSPS) is 22.4. The van der Waals surface area contributed by atoms with Gasteiger partial charge in [-0.2, -0.15) is 11.8 Å². The Balaban J connectivity index is 2.12. The maximum absolute atomic E-state index is 6.04. The minimum Gasteiger partial charge on any atom is -0.327 e. The molecule has 1 aliphatic rings. The highest BCUT2D eigenvalue weighted by atomic mass is 32.2. The summed E-state index contributed by atoms with van der Waals surface area (Å²) in [6.07, 6.45) is 5.58. The Morgan fingerprint density at radius 2 is 2.09 bits per heavy atom. The van der Waals surface area contributed by atoms with Crippen molar-refractivity contribution < 1.29 is 0 Å². The first-order valence-electron chi connectivity index (χ1n) is 4.68. The predicted molar refractivity (Wildman–Crippen MR) is 52.9 cm³/mol. The number of nitrogens with two attached hydrogens (primary N) is 1. The van der Waals surface area contributed by atoms with E-state index in [4.69, 9.17) is 5.73 Å². The topological polar surface area (TPSA) is 26.0 Å². The van der Waals surface area contributed by atoms with Crippen LogP contribution in [0.25, 0.3) is 0 Å². The van der Waals surface area contributed by atoms with Crippen molar-refractivity contribution in [3.63, 3.8) is 0 Å². The molecule has 1 atom stereocenters. The highest BCUT2D eigenvalue weighted by Crippen LogP contribution is 2.27. The van der Waals surface area contributed by atoms with Gasteiger partial charge in [0.15, 0.2) is 0 Å². The van der Waals surface area contributed by atoms with Gasteiger partial charge >= 0.3 is 0 Å². The van der Waals surface area contributed by atoms with E-state index in [9.17, 15) is 0 Å². The summed E-state index contributed by atoms with van der Waals surface area (Å²) in [5.41, 5.74) is 6.04. The van der Waals surface area contributed by atoms with Gasteiger partial charge in [-0.25, -0.2) is 0 Å². The molecule has 66 valence electrons.